The lowest BCUT2D eigenvalue weighted by molar-refractivity contribution is -0.145. The lowest BCUT2D eigenvalue weighted by atomic mass is 10.1. The molecule has 10 heteroatoms. The van der Waals surface area contributed by atoms with E-state index in [1.165, 1.54) is 0 Å². The molecule has 0 spiro atoms. The number of hydrogen-bond acceptors (Lipinski definition) is 4. The van der Waals surface area contributed by atoms with Gasteiger partial charge in [0.1, 0.15) is 5.15 Å². The van der Waals surface area contributed by atoms with Crippen molar-refractivity contribution in [1.82, 2.24) is 24.6 Å². The van der Waals surface area contributed by atoms with E-state index in [4.69, 9.17) is 11.6 Å². The molecule has 0 aromatic carbocycles. The van der Waals surface area contributed by atoms with Crippen LogP contribution in [0.5, 0.6) is 0 Å². The molecule has 0 bridgehead atoms. The third-order valence-electron chi connectivity index (χ3n) is 4.07. The Labute approximate surface area is 140 Å². The number of halogens is 4. The van der Waals surface area contributed by atoms with Gasteiger partial charge in [0, 0.05) is 38.7 Å². The Morgan fingerprint density at radius 1 is 1.38 bits per heavy atom. The fourth-order valence-corrected chi connectivity index (χ4v) is 3.06. The maximum absolute atomic E-state index is 12.7. The molecule has 3 rings (SSSR count). The van der Waals surface area contributed by atoms with Crippen molar-refractivity contribution in [3.05, 3.63) is 43.8 Å². The second kappa shape index (κ2) is 5.89. The van der Waals surface area contributed by atoms with Crippen LogP contribution in [0.1, 0.15) is 28.3 Å². The fraction of sp³-hybridized carbons (Fsp3) is 0.500. The molecule has 0 amide bonds. The summed E-state index contributed by atoms with van der Waals surface area (Å²) in [5.74, 6) is -1.24. The zero-order chi connectivity index (χ0) is 17.6. The molecule has 3 heterocycles. The summed E-state index contributed by atoms with van der Waals surface area (Å²) in [6.07, 6.45) is -4.38. The maximum atomic E-state index is 12.7. The summed E-state index contributed by atoms with van der Waals surface area (Å²) < 4.78 is 39.7. The van der Waals surface area contributed by atoms with Crippen molar-refractivity contribution < 1.29 is 13.2 Å². The molecule has 0 saturated carbocycles. The van der Waals surface area contributed by atoms with Gasteiger partial charge in [-0.15, -0.1) is 0 Å². The Balaban J connectivity index is 1.86. The molecule has 2 aromatic rings. The third-order valence-corrected chi connectivity index (χ3v) is 4.54. The number of aromatic amines is 1. The van der Waals surface area contributed by atoms with Crippen LogP contribution in [-0.4, -0.2) is 31.2 Å². The molecule has 1 aliphatic rings. The Kier molecular flexibility index (Phi) is 4.16. The first-order valence-electron chi connectivity index (χ1n) is 7.26. The van der Waals surface area contributed by atoms with Crippen LogP contribution in [0.3, 0.4) is 0 Å². The molecule has 0 unspecified atom stereocenters. The first-order chi connectivity index (χ1) is 11.2. The predicted octanol–water partition coefficient (Wildman–Crippen LogP) is 2.04. The van der Waals surface area contributed by atoms with Gasteiger partial charge in [-0.3, -0.25) is 14.4 Å². The van der Waals surface area contributed by atoms with E-state index < -0.39 is 17.6 Å². The highest BCUT2D eigenvalue weighted by Crippen LogP contribution is 2.27. The predicted molar refractivity (Wildman–Crippen MR) is 80.6 cm³/mol. The van der Waals surface area contributed by atoms with E-state index >= 15 is 0 Å². The lowest BCUT2D eigenvalue weighted by Crippen LogP contribution is -2.36. The molecule has 0 radical (unpaired) electrons. The number of aryl methyl sites for hydroxylation is 2. The molecular weight excluding hydrogens is 347 g/mol. The van der Waals surface area contributed by atoms with E-state index in [9.17, 15) is 18.0 Å². The molecule has 24 heavy (non-hydrogen) atoms. The number of hydrogen-bond donors (Lipinski definition) is 1. The Morgan fingerprint density at radius 2 is 2.08 bits per heavy atom. The van der Waals surface area contributed by atoms with Crippen molar-refractivity contribution in [2.24, 2.45) is 7.05 Å². The largest absolute Gasteiger partial charge is 0.449 e. The first kappa shape index (κ1) is 17.0. The summed E-state index contributed by atoms with van der Waals surface area (Å²) in [6.45, 7) is 3.02. The van der Waals surface area contributed by atoms with Crippen molar-refractivity contribution in [3.63, 3.8) is 0 Å². The van der Waals surface area contributed by atoms with Crippen LogP contribution in [0.4, 0.5) is 13.2 Å². The summed E-state index contributed by atoms with van der Waals surface area (Å²) in [4.78, 5) is 19.4. The zero-order valence-corrected chi connectivity index (χ0v) is 13.8. The van der Waals surface area contributed by atoms with E-state index in [0.717, 1.165) is 11.3 Å². The molecule has 1 aliphatic heterocycles. The van der Waals surface area contributed by atoms with Gasteiger partial charge in [-0.05, 0) is 6.92 Å². The lowest BCUT2D eigenvalue weighted by Gasteiger charge is -2.27. The number of nitrogens with one attached hydrogen (secondary N) is 1. The average Bonchev–Trinajstić information content (AvgIpc) is 2.73. The SMILES string of the molecule is Cc1nn(C)c(Cl)c1CN1CCc2nc(C(F)(F)F)[nH]c(=O)c2C1. The van der Waals surface area contributed by atoms with E-state index in [1.54, 1.807) is 11.7 Å². The van der Waals surface area contributed by atoms with Gasteiger partial charge in [-0.25, -0.2) is 4.98 Å². The normalized spacial score (nSPS) is 15.6. The van der Waals surface area contributed by atoms with Crippen molar-refractivity contribution in [3.8, 4) is 0 Å². The van der Waals surface area contributed by atoms with Gasteiger partial charge in [-0.2, -0.15) is 18.3 Å². The fourth-order valence-electron chi connectivity index (χ4n) is 2.83. The van der Waals surface area contributed by atoms with Gasteiger partial charge in [0.15, 0.2) is 0 Å². The molecule has 0 aliphatic carbocycles. The highest BCUT2D eigenvalue weighted by molar-refractivity contribution is 6.30. The minimum absolute atomic E-state index is 0.205. The summed E-state index contributed by atoms with van der Waals surface area (Å²) in [6, 6.07) is 0. The summed E-state index contributed by atoms with van der Waals surface area (Å²) in [5, 5.41) is 4.74. The summed E-state index contributed by atoms with van der Waals surface area (Å²) in [5.41, 5.74) is 1.36. The van der Waals surface area contributed by atoms with Crippen LogP contribution in [0.2, 0.25) is 5.15 Å². The van der Waals surface area contributed by atoms with Gasteiger partial charge in [-0.1, -0.05) is 11.6 Å². The molecule has 0 saturated heterocycles. The number of aromatic nitrogens is 4. The second-order valence-electron chi connectivity index (χ2n) is 5.78. The van der Waals surface area contributed by atoms with Crippen molar-refractivity contribution >= 4 is 11.6 Å². The van der Waals surface area contributed by atoms with Crippen molar-refractivity contribution in [2.45, 2.75) is 32.6 Å². The highest BCUT2D eigenvalue weighted by Gasteiger charge is 2.36. The Bertz CT molecular complexity index is 842. The quantitative estimate of drug-likeness (QED) is 0.889. The minimum atomic E-state index is -4.66. The van der Waals surface area contributed by atoms with Crippen LogP contribution in [0.15, 0.2) is 4.79 Å². The van der Waals surface area contributed by atoms with Crippen LogP contribution in [0, 0.1) is 6.92 Å². The number of alkyl halides is 3. The number of rotatable bonds is 2. The molecule has 2 aromatic heterocycles. The Hall–Kier alpha value is -1.87. The van der Waals surface area contributed by atoms with Crippen LogP contribution in [0.25, 0.3) is 0 Å². The molecule has 1 N–H and O–H groups in total. The minimum Gasteiger partial charge on any atom is -0.303 e. The van der Waals surface area contributed by atoms with Crippen molar-refractivity contribution in [1.29, 1.82) is 0 Å². The van der Waals surface area contributed by atoms with Gasteiger partial charge in [0.2, 0.25) is 5.82 Å². The van der Waals surface area contributed by atoms with E-state index in [1.807, 2.05) is 16.8 Å². The van der Waals surface area contributed by atoms with Gasteiger partial charge < -0.3 is 4.98 Å². The Morgan fingerprint density at radius 3 is 2.67 bits per heavy atom. The zero-order valence-electron chi connectivity index (χ0n) is 13.0. The van der Waals surface area contributed by atoms with Crippen LogP contribution < -0.4 is 5.56 Å². The van der Waals surface area contributed by atoms with Crippen LogP contribution in [-0.2, 0) is 32.7 Å². The standard InChI is InChI=1S/C14H15ClF3N5O/c1-7-8(11(15)22(2)21-7)5-23-4-3-10-9(6-23)12(24)20-13(19-10)14(16,17)18/h3-6H2,1-2H3,(H,19,20,24). The topological polar surface area (TPSA) is 66.8 Å². The van der Waals surface area contributed by atoms with Gasteiger partial charge in [0.05, 0.1) is 17.0 Å². The van der Waals surface area contributed by atoms with Gasteiger partial charge in [0.25, 0.3) is 5.56 Å². The molecular formula is C14H15ClF3N5O. The molecule has 0 fully saturated rings. The number of H-pyrrole nitrogens is 1. The third kappa shape index (κ3) is 3.05. The maximum Gasteiger partial charge on any atom is 0.449 e. The highest BCUT2D eigenvalue weighted by atomic mass is 35.5. The van der Waals surface area contributed by atoms with E-state index in [2.05, 4.69) is 10.1 Å². The van der Waals surface area contributed by atoms with Crippen LogP contribution >= 0.6 is 11.6 Å². The smallest absolute Gasteiger partial charge is 0.303 e. The molecule has 0 atom stereocenters. The number of nitrogens with zero attached hydrogens (tertiary/aromatic N) is 4. The second-order valence-corrected chi connectivity index (χ2v) is 6.13. The van der Waals surface area contributed by atoms with Crippen molar-refractivity contribution in [2.75, 3.05) is 6.54 Å². The average molecular weight is 362 g/mol. The molecule has 6 nitrogen and oxygen atoms in total. The monoisotopic (exact) mass is 361 g/mol. The van der Waals surface area contributed by atoms with E-state index in [0.29, 0.717) is 18.2 Å². The molecule has 130 valence electrons. The summed E-state index contributed by atoms with van der Waals surface area (Å²) >= 11 is 6.20. The van der Waals surface area contributed by atoms with Gasteiger partial charge >= 0.3 is 6.18 Å². The number of fused-ring (bicyclic) bond motifs is 1. The van der Waals surface area contributed by atoms with E-state index in [-0.39, 0.29) is 24.2 Å². The summed E-state index contributed by atoms with van der Waals surface area (Å²) in [7, 11) is 1.73. The first-order valence-corrected chi connectivity index (χ1v) is 7.64.